The molecule has 0 aliphatic rings. The highest BCUT2D eigenvalue weighted by molar-refractivity contribution is 5.78. The van der Waals surface area contributed by atoms with Crippen LogP contribution in [0.5, 0.6) is 0 Å². The Morgan fingerprint density at radius 1 is 1.39 bits per heavy atom. The van der Waals surface area contributed by atoms with E-state index in [0.29, 0.717) is 24.9 Å². The molecule has 96 valence electrons. The van der Waals surface area contributed by atoms with Gasteiger partial charge in [0, 0.05) is 6.54 Å². The number of nitriles is 1. The molecule has 0 fully saturated rings. The van der Waals surface area contributed by atoms with Crippen molar-refractivity contribution in [3.05, 3.63) is 35.4 Å². The molecule has 4 heteroatoms. The van der Waals surface area contributed by atoms with Crippen LogP contribution < -0.4 is 5.32 Å². The lowest BCUT2D eigenvalue weighted by Crippen LogP contribution is -2.50. The third-order valence-electron chi connectivity index (χ3n) is 3.37. The SMILES string of the molecule is CCC(CC)(NCc1ccccc1C#N)C(=O)O. The fourth-order valence-corrected chi connectivity index (χ4v) is 1.93. The first-order chi connectivity index (χ1) is 8.59. The second-order valence-corrected chi connectivity index (χ2v) is 4.22. The maximum absolute atomic E-state index is 11.3. The van der Waals surface area contributed by atoms with Crippen LogP contribution in [0, 0.1) is 11.3 Å². The number of hydrogen-bond acceptors (Lipinski definition) is 3. The summed E-state index contributed by atoms with van der Waals surface area (Å²) in [5.41, 5.74) is 0.492. The summed E-state index contributed by atoms with van der Waals surface area (Å²) in [6.45, 7) is 4.08. The van der Waals surface area contributed by atoms with E-state index >= 15 is 0 Å². The third kappa shape index (κ3) is 2.88. The monoisotopic (exact) mass is 246 g/mol. The van der Waals surface area contributed by atoms with Crippen LogP contribution >= 0.6 is 0 Å². The average Bonchev–Trinajstić information content (AvgIpc) is 2.40. The molecule has 0 saturated carbocycles. The van der Waals surface area contributed by atoms with Crippen molar-refractivity contribution in [1.82, 2.24) is 5.32 Å². The largest absolute Gasteiger partial charge is 0.480 e. The number of nitrogens with one attached hydrogen (secondary N) is 1. The standard InChI is InChI=1S/C14H18N2O2/c1-3-14(4-2,13(17)18)16-10-12-8-6-5-7-11(12)9-15/h5-8,16H,3-4,10H2,1-2H3,(H,17,18). The van der Waals surface area contributed by atoms with Gasteiger partial charge in [0.05, 0.1) is 11.6 Å². The molecule has 0 aromatic heterocycles. The lowest BCUT2D eigenvalue weighted by atomic mass is 9.92. The molecule has 0 aliphatic heterocycles. The Balaban J connectivity index is 2.86. The van der Waals surface area contributed by atoms with Crippen LogP contribution in [-0.4, -0.2) is 16.6 Å². The molecule has 1 rings (SSSR count). The summed E-state index contributed by atoms with van der Waals surface area (Å²) in [7, 11) is 0. The van der Waals surface area contributed by atoms with Crippen LogP contribution in [0.15, 0.2) is 24.3 Å². The van der Waals surface area contributed by atoms with Gasteiger partial charge in [-0.3, -0.25) is 10.1 Å². The molecule has 0 saturated heterocycles. The van der Waals surface area contributed by atoms with Gasteiger partial charge in [-0.05, 0) is 24.5 Å². The van der Waals surface area contributed by atoms with Gasteiger partial charge < -0.3 is 5.11 Å². The molecule has 0 amide bonds. The molecular weight excluding hydrogens is 228 g/mol. The van der Waals surface area contributed by atoms with Gasteiger partial charge in [0.2, 0.25) is 0 Å². The molecule has 1 aromatic carbocycles. The smallest absolute Gasteiger partial charge is 0.323 e. The van der Waals surface area contributed by atoms with E-state index in [0.717, 1.165) is 5.56 Å². The number of carbonyl (C=O) groups is 1. The van der Waals surface area contributed by atoms with E-state index in [9.17, 15) is 9.90 Å². The van der Waals surface area contributed by atoms with Crippen LogP contribution in [0.4, 0.5) is 0 Å². The number of carboxylic acids is 1. The number of rotatable bonds is 6. The van der Waals surface area contributed by atoms with E-state index in [1.54, 1.807) is 12.1 Å². The van der Waals surface area contributed by atoms with Crippen molar-refractivity contribution < 1.29 is 9.90 Å². The topological polar surface area (TPSA) is 73.1 Å². The third-order valence-corrected chi connectivity index (χ3v) is 3.37. The van der Waals surface area contributed by atoms with E-state index < -0.39 is 11.5 Å². The number of aliphatic carboxylic acids is 1. The Hall–Kier alpha value is -1.86. The van der Waals surface area contributed by atoms with Gasteiger partial charge in [-0.15, -0.1) is 0 Å². The zero-order chi connectivity index (χ0) is 13.6. The van der Waals surface area contributed by atoms with Gasteiger partial charge in [0.1, 0.15) is 5.54 Å². The number of carboxylic acid groups (broad SMARTS) is 1. The Morgan fingerprint density at radius 2 is 2.00 bits per heavy atom. The van der Waals surface area contributed by atoms with Crippen molar-refractivity contribution in [3.8, 4) is 6.07 Å². The summed E-state index contributed by atoms with van der Waals surface area (Å²) in [4.78, 5) is 11.3. The minimum Gasteiger partial charge on any atom is -0.480 e. The zero-order valence-corrected chi connectivity index (χ0v) is 10.7. The predicted octanol–water partition coefficient (Wildman–Crippen LogP) is 2.29. The second-order valence-electron chi connectivity index (χ2n) is 4.22. The maximum atomic E-state index is 11.3. The van der Waals surface area contributed by atoms with Gasteiger partial charge in [-0.1, -0.05) is 32.0 Å². The molecule has 2 N–H and O–H groups in total. The van der Waals surface area contributed by atoms with Gasteiger partial charge in [0.25, 0.3) is 0 Å². The molecule has 0 bridgehead atoms. The molecule has 0 unspecified atom stereocenters. The number of nitrogens with zero attached hydrogens (tertiary/aromatic N) is 1. The van der Waals surface area contributed by atoms with Crippen LogP contribution in [0.3, 0.4) is 0 Å². The number of hydrogen-bond donors (Lipinski definition) is 2. The molecule has 0 radical (unpaired) electrons. The molecule has 0 aliphatic carbocycles. The van der Waals surface area contributed by atoms with Crippen LogP contribution in [0.2, 0.25) is 0 Å². The van der Waals surface area contributed by atoms with Crippen LogP contribution in [0.1, 0.15) is 37.8 Å². The van der Waals surface area contributed by atoms with Gasteiger partial charge in [0.15, 0.2) is 0 Å². The van der Waals surface area contributed by atoms with E-state index in [1.165, 1.54) is 0 Å². The van der Waals surface area contributed by atoms with Crippen molar-refractivity contribution in [2.24, 2.45) is 0 Å². The van der Waals surface area contributed by atoms with Crippen molar-refractivity contribution in [2.75, 3.05) is 0 Å². The lowest BCUT2D eigenvalue weighted by molar-refractivity contribution is -0.145. The fourth-order valence-electron chi connectivity index (χ4n) is 1.93. The quantitative estimate of drug-likeness (QED) is 0.807. The summed E-state index contributed by atoms with van der Waals surface area (Å²) in [6.07, 6.45) is 1.01. The van der Waals surface area contributed by atoms with Crippen LogP contribution in [0.25, 0.3) is 0 Å². The van der Waals surface area contributed by atoms with E-state index in [4.69, 9.17) is 5.26 Å². The molecule has 1 aromatic rings. The lowest BCUT2D eigenvalue weighted by Gasteiger charge is -2.28. The molecular formula is C14H18N2O2. The fraction of sp³-hybridized carbons (Fsp3) is 0.429. The molecule has 4 nitrogen and oxygen atoms in total. The Kier molecular flexibility index (Phi) is 4.87. The summed E-state index contributed by atoms with van der Waals surface area (Å²) in [6, 6.07) is 9.32. The average molecular weight is 246 g/mol. The van der Waals surface area contributed by atoms with Gasteiger partial charge in [-0.2, -0.15) is 5.26 Å². The summed E-state index contributed by atoms with van der Waals surface area (Å²) in [5.74, 6) is -0.845. The van der Waals surface area contributed by atoms with Crippen LogP contribution in [-0.2, 0) is 11.3 Å². The highest BCUT2D eigenvalue weighted by Crippen LogP contribution is 2.17. The first kappa shape index (κ1) is 14.2. The Morgan fingerprint density at radius 3 is 2.50 bits per heavy atom. The molecule has 0 atom stereocenters. The van der Waals surface area contributed by atoms with Crippen molar-refractivity contribution in [3.63, 3.8) is 0 Å². The Labute approximate surface area is 107 Å². The summed E-state index contributed by atoms with van der Waals surface area (Å²) < 4.78 is 0. The predicted molar refractivity (Wildman–Crippen MR) is 68.9 cm³/mol. The minimum absolute atomic E-state index is 0.387. The number of benzene rings is 1. The first-order valence-corrected chi connectivity index (χ1v) is 6.06. The summed E-state index contributed by atoms with van der Waals surface area (Å²) >= 11 is 0. The van der Waals surface area contributed by atoms with Gasteiger partial charge >= 0.3 is 5.97 Å². The zero-order valence-electron chi connectivity index (χ0n) is 10.7. The van der Waals surface area contributed by atoms with E-state index in [2.05, 4.69) is 11.4 Å². The van der Waals surface area contributed by atoms with E-state index in [-0.39, 0.29) is 0 Å². The van der Waals surface area contributed by atoms with Gasteiger partial charge in [-0.25, -0.2) is 0 Å². The van der Waals surface area contributed by atoms with Crippen molar-refractivity contribution in [2.45, 2.75) is 38.8 Å². The second kappa shape index (κ2) is 6.18. The summed E-state index contributed by atoms with van der Waals surface area (Å²) in [5, 5.41) is 21.4. The molecule has 0 spiro atoms. The maximum Gasteiger partial charge on any atom is 0.323 e. The van der Waals surface area contributed by atoms with E-state index in [1.807, 2.05) is 26.0 Å². The van der Waals surface area contributed by atoms with Crippen molar-refractivity contribution in [1.29, 1.82) is 5.26 Å². The Bertz CT molecular complexity index is 459. The first-order valence-electron chi connectivity index (χ1n) is 6.06. The molecule has 18 heavy (non-hydrogen) atoms. The normalized spacial score (nSPS) is 10.9. The minimum atomic E-state index is -0.914. The highest BCUT2D eigenvalue weighted by atomic mass is 16.4. The molecule has 0 heterocycles. The highest BCUT2D eigenvalue weighted by Gasteiger charge is 2.34. The van der Waals surface area contributed by atoms with Crippen molar-refractivity contribution >= 4 is 5.97 Å².